The summed E-state index contributed by atoms with van der Waals surface area (Å²) in [4.78, 5) is 32.1. The summed E-state index contributed by atoms with van der Waals surface area (Å²) in [5.41, 5.74) is 4.09. The quantitative estimate of drug-likeness (QED) is 0.472. The molecule has 0 N–H and O–H groups in total. The fourth-order valence-corrected chi connectivity index (χ4v) is 5.36. The molecule has 0 atom stereocenters. The van der Waals surface area contributed by atoms with Gasteiger partial charge in [0.15, 0.2) is 17.3 Å². The SMILES string of the molecule is COc1ccc(CCn2c(C)cc(C(=O)CN3CCN(CC(=O)N4CCCC4)CC3)c2C)cc1OC. The van der Waals surface area contributed by atoms with Gasteiger partial charge >= 0.3 is 0 Å². The lowest BCUT2D eigenvalue weighted by Gasteiger charge is -2.34. The zero-order chi connectivity index (χ0) is 25.7. The number of ketones is 1. The summed E-state index contributed by atoms with van der Waals surface area (Å²) < 4.78 is 13.0. The molecule has 2 aliphatic rings. The van der Waals surface area contributed by atoms with Gasteiger partial charge in [0.2, 0.25) is 5.91 Å². The van der Waals surface area contributed by atoms with Crippen molar-refractivity contribution in [3.05, 3.63) is 46.8 Å². The summed E-state index contributed by atoms with van der Waals surface area (Å²) in [5, 5.41) is 0. The van der Waals surface area contributed by atoms with Crippen LogP contribution in [0.1, 0.15) is 40.2 Å². The summed E-state index contributed by atoms with van der Waals surface area (Å²) in [6, 6.07) is 8.02. The Hall–Kier alpha value is -2.84. The molecule has 2 saturated heterocycles. The highest BCUT2D eigenvalue weighted by Crippen LogP contribution is 2.28. The van der Waals surface area contributed by atoms with Gasteiger partial charge in [0.1, 0.15) is 0 Å². The number of carbonyl (C=O) groups is 2. The maximum absolute atomic E-state index is 13.2. The molecule has 4 rings (SSSR count). The van der Waals surface area contributed by atoms with Crippen molar-refractivity contribution < 1.29 is 19.1 Å². The lowest BCUT2D eigenvalue weighted by atomic mass is 10.1. The fourth-order valence-electron chi connectivity index (χ4n) is 5.36. The van der Waals surface area contributed by atoms with E-state index in [1.54, 1.807) is 14.2 Å². The zero-order valence-corrected chi connectivity index (χ0v) is 22.2. The zero-order valence-electron chi connectivity index (χ0n) is 22.2. The van der Waals surface area contributed by atoms with Gasteiger partial charge in [-0.05, 0) is 56.9 Å². The standard InChI is InChI=1S/C28H40N4O4/c1-21-17-24(22(2)32(21)12-9-23-7-8-26(35-3)27(18-23)36-4)25(33)19-29-13-15-30(16-14-29)20-28(34)31-10-5-6-11-31/h7-8,17-18H,5-6,9-16,19-20H2,1-4H3. The highest BCUT2D eigenvalue weighted by atomic mass is 16.5. The van der Waals surface area contributed by atoms with Crippen LogP contribution < -0.4 is 9.47 Å². The second-order valence-corrected chi connectivity index (χ2v) is 9.94. The Balaban J connectivity index is 1.29. The van der Waals surface area contributed by atoms with E-state index in [0.29, 0.717) is 13.1 Å². The molecule has 0 saturated carbocycles. The van der Waals surface area contributed by atoms with E-state index >= 15 is 0 Å². The van der Waals surface area contributed by atoms with Crippen molar-refractivity contribution >= 4 is 11.7 Å². The van der Waals surface area contributed by atoms with Crippen LogP contribution in [0.5, 0.6) is 11.5 Å². The van der Waals surface area contributed by atoms with Gasteiger partial charge < -0.3 is 18.9 Å². The molecule has 1 aromatic carbocycles. The third-order valence-electron chi connectivity index (χ3n) is 7.60. The average molecular weight is 497 g/mol. The van der Waals surface area contributed by atoms with Crippen LogP contribution in [-0.4, -0.2) is 97.5 Å². The van der Waals surface area contributed by atoms with Crippen LogP contribution in [0.25, 0.3) is 0 Å². The smallest absolute Gasteiger partial charge is 0.236 e. The van der Waals surface area contributed by atoms with Crippen LogP contribution in [0.2, 0.25) is 0 Å². The summed E-state index contributed by atoms with van der Waals surface area (Å²) in [6.07, 6.45) is 3.08. The number of hydrogen-bond donors (Lipinski definition) is 0. The molecule has 2 fully saturated rings. The highest BCUT2D eigenvalue weighted by Gasteiger charge is 2.25. The fraction of sp³-hybridized carbons (Fsp3) is 0.571. The van der Waals surface area contributed by atoms with Crippen molar-refractivity contribution in [1.29, 1.82) is 0 Å². The number of carbonyl (C=O) groups excluding carboxylic acids is 2. The minimum Gasteiger partial charge on any atom is -0.493 e. The molecule has 8 heteroatoms. The average Bonchev–Trinajstić information content (AvgIpc) is 3.52. The molecule has 0 bridgehead atoms. The number of amides is 1. The van der Waals surface area contributed by atoms with Crippen LogP contribution in [0.15, 0.2) is 24.3 Å². The van der Waals surface area contributed by atoms with Gasteiger partial charge in [-0.25, -0.2) is 0 Å². The third-order valence-corrected chi connectivity index (χ3v) is 7.60. The number of benzene rings is 1. The number of nitrogens with zero attached hydrogens (tertiary/aromatic N) is 4. The van der Waals surface area contributed by atoms with Gasteiger partial charge in [0.25, 0.3) is 0 Å². The summed E-state index contributed by atoms with van der Waals surface area (Å²) in [5.74, 6) is 1.87. The lowest BCUT2D eigenvalue weighted by molar-refractivity contribution is -0.131. The molecule has 1 aromatic heterocycles. The van der Waals surface area contributed by atoms with Crippen LogP contribution in [-0.2, 0) is 17.8 Å². The molecule has 0 radical (unpaired) electrons. The molecule has 1 amide bonds. The molecule has 196 valence electrons. The Morgan fingerprint density at radius 3 is 2.11 bits per heavy atom. The van der Waals surface area contributed by atoms with E-state index in [9.17, 15) is 9.59 Å². The predicted molar refractivity (Wildman–Crippen MR) is 140 cm³/mol. The van der Waals surface area contributed by atoms with Gasteiger partial charge in [-0.2, -0.15) is 0 Å². The van der Waals surface area contributed by atoms with Crippen molar-refractivity contribution in [3.8, 4) is 11.5 Å². The number of rotatable bonds is 10. The normalized spacial score (nSPS) is 16.9. The molecule has 0 unspecified atom stereocenters. The first kappa shape index (κ1) is 26.2. The van der Waals surface area contributed by atoms with E-state index in [0.717, 1.165) is 99.1 Å². The molecule has 0 spiro atoms. The molecule has 36 heavy (non-hydrogen) atoms. The van der Waals surface area contributed by atoms with E-state index in [-0.39, 0.29) is 11.7 Å². The van der Waals surface area contributed by atoms with Gasteiger partial charge in [-0.1, -0.05) is 6.07 Å². The maximum atomic E-state index is 13.2. The number of likely N-dealkylation sites (tertiary alicyclic amines) is 1. The van der Waals surface area contributed by atoms with Gasteiger partial charge in [0, 0.05) is 62.8 Å². The second kappa shape index (κ2) is 11.9. The van der Waals surface area contributed by atoms with Crippen LogP contribution in [0, 0.1) is 13.8 Å². The minimum atomic E-state index is 0.169. The van der Waals surface area contributed by atoms with E-state index in [1.165, 1.54) is 0 Å². The van der Waals surface area contributed by atoms with E-state index < -0.39 is 0 Å². The van der Waals surface area contributed by atoms with Crippen molar-refractivity contribution in [1.82, 2.24) is 19.3 Å². The van der Waals surface area contributed by atoms with Crippen LogP contribution in [0.3, 0.4) is 0 Å². The number of methoxy groups -OCH3 is 2. The van der Waals surface area contributed by atoms with Crippen molar-refractivity contribution in [2.75, 3.05) is 66.6 Å². The Morgan fingerprint density at radius 1 is 0.833 bits per heavy atom. The molecular weight excluding hydrogens is 456 g/mol. The molecule has 3 heterocycles. The molecule has 2 aliphatic heterocycles. The number of hydrogen-bond acceptors (Lipinski definition) is 6. The molecule has 0 aliphatic carbocycles. The van der Waals surface area contributed by atoms with Gasteiger partial charge in [-0.15, -0.1) is 0 Å². The summed E-state index contributed by atoms with van der Waals surface area (Å²) in [7, 11) is 3.28. The van der Waals surface area contributed by atoms with Crippen molar-refractivity contribution in [2.45, 2.75) is 39.7 Å². The minimum absolute atomic E-state index is 0.169. The topological polar surface area (TPSA) is 67.2 Å². The van der Waals surface area contributed by atoms with Crippen LogP contribution in [0.4, 0.5) is 0 Å². The lowest BCUT2D eigenvalue weighted by Crippen LogP contribution is -2.50. The Labute approximate surface area is 214 Å². The molecule has 2 aromatic rings. The summed E-state index contributed by atoms with van der Waals surface area (Å²) in [6.45, 7) is 10.9. The first-order valence-electron chi connectivity index (χ1n) is 13.0. The first-order valence-corrected chi connectivity index (χ1v) is 13.0. The van der Waals surface area contributed by atoms with E-state index in [4.69, 9.17) is 9.47 Å². The van der Waals surface area contributed by atoms with Crippen molar-refractivity contribution in [3.63, 3.8) is 0 Å². The van der Waals surface area contributed by atoms with Crippen LogP contribution >= 0.6 is 0 Å². The predicted octanol–water partition coefficient (Wildman–Crippen LogP) is 2.79. The number of aromatic nitrogens is 1. The monoisotopic (exact) mass is 496 g/mol. The highest BCUT2D eigenvalue weighted by molar-refractivity contribution is 5.99. The third kappa shape index (κ3) is 6.10. The van der Waals surface area contributed by atoms with Gasteiger partial charge in [-0.3, -0.25) is 19.4 Å². The van der Waals surface area contributed by atoms with Crippen molar-refractivity contribution in [2.24, 2.45) is 0 Å². The summed E-state index contributed by atoms with van der Waals surface area (Å²) >= 11 is 0. The number of ether oxygens (including phenoxy) is 2. The number of aryl methyl sites for hydroxylation is 2. The number of Topliss-reactive ketones (excluding diaryl/α,β-unsaturated/α-hetero) is 1. The Morgan fingerprint density at radius 2 is 1.47 bits per heavy atom. The molecule has 8 nitrogen and oxygen atoms in total. The first-order chi connectivity index (χ1) is 17.4. The maximum Gasteiger partial charge on any atom is 0.236 e. The second-order valence-electron chi connectivity index (χ2n) is 9.94. The number of piperazine rings is 1. The van der Waals surface area contributed by atoms with E-state index in [2.05, 4.69) is 27.4 Å². The largest absolute Gasteiger partial charge is 0.493 e. The Kier molecular flexibility index (Phi) is 8.69. The molecular formula is C28H40N4O4. The Bertz CT molecular complexity index is 1070. The van der Waals surface area contributed by atoms with Gasteiger partial charge in [0.05, 0.1) is 27.3 Å². The van der Waals surface area contributed by atoms with E-state index in [1.807, 2.05) is 30.0 Å².